The Kier molecular flexibility index (Phi) is 8.41. The Morgan fingerprint density at radius 2 is 1.41 bits per heavy atom. The molecule has 0 aromatic rings. The highest BCUT2D eigenvalue weighted by molar-refractivity contribution is 14.1. The molecule has 0 unspecified atom stereocenters. The van der Waals surface area contributed by atoms with E-state index in [9.17, 15) is 31.4 Å². The highest BCUT2D eigenvalue weighted by Crippen LogP contribution is 2.45. The maximum atomic E-state index is 12.8. The number of alkyl halides is 7. The summed E-state index contributed by atoms with van der Waals surface area (Å²) in [6, 6.07) is 0. The van der Waals surface area contributed by atoms with Crippen molar-refractivity contribution in [3.63, 3.8) is 0 Å². The summed E-state index contributed by atoms with van der Waals surface area (Å²) < 4.78 is 88.8. The average Bonchev–Trinajstić information content (AvgIpc) is 2.58. The van der Waals surface area contributed by atoms with Crippen LogP contribution in [-0.2, 0) is 9.47 Å². The van der Waals surface area contributed by atoms with Crippen molar-refractivity contribution >= 4 is 22.6 Å². The van der Waals surface area contributed by atoms with Crippen LogP contribution in [0.25, 0.3) is 0 Å². The van der Waals surface area contributed by atoms with Gasteiger partial charge in [-0.3, -0.25) is 0 Å². The third-order valence-corrected chi connectivity index (χ3v) is 7.55. The molecule has 0 atom stereocenters. The molecule has 0 bridgehead atoms. The molecular formula is C19H29F6IO3. The molecule has 1 aliphatic carbocycles. The second kappa shape index (κ2) is 9.10. The standard InChI is InChI=1S/C19H29F6IO3/c1-12(15(2,3)10-26)29-14-8-6-13(7-9-14)16(4,5)28-11-17(27,18(20,21)22)19(23,24)25/h13-14,27H,1,6-11H2,2-5H3. The molecule has 0 aromatic heterocycles. The first-order valence-electron chi connectivity index (χ1n) is 9.29. The van der Waals surface area contributed by atoms with Gasteiger partial charge in [0.25, 0.3) is 5.60 Å². The zero-order valence-corrected chi connectivity index (χ0v) is 19.2. The monoisotopic (exact) mass is 546 g/mol. The van der Waals surface area contributed by atoms with Gasteiger partial charge in [-0.1, -0.05) is 43.0 Å². The fourth-order valence-corrected chi connectivity index (χ4v) is 3.47. The maximum Gasteiger partial charge on any atom is 0.428 e. The van der Waals surface area contributed by atoms with Crippen LogP contribution in [0, 0.1) is 11.3 Å². The summed E-state index contributed by atoms with van der Waals surface area (Å²) in [5.41, 5.74) is -6.37. The Labute approximate surface area is 181 Å². The SMILES string of the molecule is C=C(OC1CCC(C(C)(C)OCC(O)(C(F)(F)F)C(F)(F)F)CC1)C(C)(C)CI. The van der Waals surface area contributed by atoms with Gasteiger partial charge in [0.05, 0.1) is 24.1 Å². The quantitative estimate of drug-likeness (QED) is 0.171. The van der Waals surface area contributed by atoms with E-state index in [1.54, 1.807) is 0 Å². The molecule has 0 aromatic carbocycles. The third kappa shape index (κ3) is 6.38. The minimum absolute atomic E-state index is 0.0981. The minimum Gasteiger partial charge on any atom is -0.495 e. The number of halogens is 7. The van der Waals surface area contributed by atoms with Crippen LogP contribution in [0.3, 0.4) is 0 Å². The zero-order chi connectivity index (χ0) is 22.9. The Morgan fingerprint density at radius 3 is 1.79 bits per heavy atom. The van der Waals surface area contributed by atoms with Gasteiger partial charge in [0, 0.05) is 9.84 Å². The van der Waals surface area contributed by atoms with Crippen molar-refractivity contribution in [2.75, 3.05) is 11.0 Å². The Morgan fingerprint density at radius 1 is 0.966 bits per heavy atom. The highest BCUT2D eigenvalue weighted by Gasteiger charge is 2.71. The van der Waals surface area contributed by atoms with Gasteiger partial charge >= 0.3 is 12.4 Å². The number of ether oxygens (including phenoxy) is 2. The Hall–Kier alpha value is -0.230. The Balaban J connectivity index is 2.71. The van der Waals surface area contributed by atoms with Gasteiger partial charge in [-0.2, -0.15) is 26.3 Å². The van der Waals surface area contributed by atoms with Crippen LogP contribution >= 0.6 is 22.6 Å². The second-order valence-electron chi connectivity index (χ2n) is 8.78. The van der Waals surface area contributed by atoms with E-state index in [0.29, 0.717) is 31.4 Å². The lowest BCUT2D eigenvalue weighted by molar-refractivity contribution is -0.383. The van der Waals surface area contributed by atoms with E-state index in [1.165, 1.54) is 13.8 Å². The molecule has 1 saturated carbocycles. The largest absolute Gasteiger partial charge is 0.495 e. The fourth-order valence-electron chi connectivity index (χ4n) is 3.04. The van der Waals surface area contributed by atoms with Crippen molar-refractivity contribution in [3.8, 4) is 0 Å². The number of hydrogen-bond acceptors (Lipinski definition) is 3. The molecule has 1 aliphatic rings. The maximum absolute atomic E-state index is 12.8. The molecule has 3 nitrogen and oxygen atoms in total. The van der Waals surface area contributed by atoms with Gasteiger partial charge in [-0.25, -0.2) is 0 Å². The molecule has 1 rings (SSSR count). The van der Waals surface area contributed by atoms with Crippen molar-refractivity contribution in [3.05, 3.63) is 12.3 Å². The van der Waals surface area contributed by atoms with Crippen molar-refractivity contribution < 1.29 is 40.9 Å². The summed E-state index contributed by atoms with van der Waals surface area (Å²) in [7, 11) is 0. The van der Waals surface area contributed by atoms with Gasteiger partial charge in [0.15, 0.2) is 0 Å². The van der Waals surface area contributed by atoms with Gasteiger partial charge in [0.2, 0.25) is 0 Å². The summed E-state index contributed by atoms with van der Waals surface area (Å²) in [5, 5.41) is 9.28. The molecule has 0 heterocycles. The fraction of sp³-hybridized carbons (Fsp3) is 0.895. The topological polar surface area (TPSA) is 38.7 Å². The molecule has 10 heteroatoms. The van der Waals surface area contributed by atoms with Crippen LogP contribution in [0.1, 0.15) is 53.4 Å². The first kappa shape index (κ1) is 26.8. The van der Waals surface area contributed by atoms with E-state index < -0.39 is 30.2 Å². The molecule has 0 amide bonds. The van der Waals surface area contributed by atoms with Crippen LogP contribution in [0.4, 0.5) is 26.3 Å². The molecule has 0 saturated heterocycles. The molecule has 172 valence electrons. The number of hydrogen-bond donors (Lipinski definition) is 1. The lowest BCUT2D eigenvalue weighted by Gasteiger charge is -2.42. The summed E-state index contributed by atoms with van der Waals surface area (Å²) >= 11 is 2.24. The summed E-state index contributed by atoms with van der Waals surface area (Å²) in [4.78, 5) is 0. The van der Waals surface area contributed by atoms with Gasteiger partial charge < -0.3 is 14.6 Å². The predicted octanol–water partition coefficient (Wildman–Crippen LogP) is 6.19. The van der Waals surface area contributed by atoms with Crippen molar-refractivity contribution in [1.82, 2.24) is 0 Å². The highest BCUT2D eigenvalue weighted by atomic mass is 127. The van der Waals surface area contributed by atoms with Gasteiger partial charge in [0.1, 0.15) is 0 Å². The first-order chi connectivity index (χ1) is 12.9. The summed E-state index contributed by atoms with van der Waals surface area (Å²) in [6.45, 7) is 8.98. The predicted molar refractivity (Wildman–Crippen MR) is 106 cm³/mol. The van der Waals surface area contributed by atoms with Crippen molar-refractivity contribution in [2.45, 2.75) is 83.0 Å². The second-order valence-corrected chi connectivity index (χ2v) is 9.54. The smallest absolute Gasteiger partial charge is 0.428 e. The lowest BCUT2D eigenvalue weighted by atomic mass is 9.77. The van der Waals surface area contributed by atoms with E-state index in [1.807, 2.05) is 13.8 Å². The summed E-state index contributed by atoms with van der Waals surface area (Å²) in [6.07, 6.45) is -9.65. The lowest BCUT2D eigenvalue weighted by Crippen LogP contribution is -2.61. The van der Waals surface area contributed by atoms with E-state index in [2.05, 4.69) is 29.2 Å². The number of allylic oxidation sites excluding steroid dienone is 1. The van der Waals surface area contributed by atoms with E-state index in [0.717, 1.165) is 4.43 Å². The van der Waals surface area contributed by atoms with E-state index >= 15 is 0 Å². The van der Waals surface area contributed by atoms with Gasteiger partial charge in [-0.15, -0.1) is 0 Å². The van der Waals surface area contributed by atoms with Crippen LogP contribution in [0.2, 0.25) is 0 Å². The number of aliphatic hydroxyl groups is 1. The molecule has 0 radical (unpaired) electrons. The molecule has 0 aliphatic heterocycles. The molecule has 29 heavy (non-hydrogen) atoms. The van der Waals surface area contributed by atoms with E-state index in [4.69, 9.17) is 9.47 Å². The minimum atomic E-state index is -5.89. The molecule has 1 fully saturated rings. The third-order valence-electron chi connectivity index (χ3n) is 5.65. The Bertz CT molecular complexity index is 549. The van der Waals surface area contributed by atoms with Crippen LogP contribution in [0.15, 0.2) is 12.3 Å². The summed E-state index contributed by atoms with van der Waals surface area (Å²) in [5.74, 6) is 0.394. The molecule has 1 N–H and O–H groups in total. The van der Waals surface area contributed by atoms with Crippen LogP contribution in [0.5, 0.6) is 0 Å². The van der Waals surface area contributed by atoms with Crippen LogP contribution < -0.4 is 0 Å². The van der Waals surface area contributed by atoms with Crippen LogP contribution in [-0.4, -0.2) is 45.8 Å². The van der Waals surface area contributed by atoms with E-state index in [-0.39, 0.29) is 17.4 Å². The normalized spacial score (nSPS) is 22.5. The zero-order valence-electron chi connectivity index (χ0n) is 17.0. The van der Waals surface area contributed by atoms with Crippen molar-refractivity contribution in [2.24, 2.45) is 11.3 Å². The molecular weight excluding hydrogens is 517 g/mol. The average molecular weight is 546 g/mol. The number of rotatable bonds is 8. The molecule has 0 spiro atoms. The first-order valence-corrected chi connectivity index (χ1v) is 10.8. The van der Waals surface area contributed by atoms with Gasteiger partial charge in [-0.05, 0) is 45.4 Å². The van der Waals surface area contributed by atoms with Crippen molar-refractivity contribution in [1.29, 1.82) is 0 Å².